The molecule has 0 aromatic carbocycles. The number of carbonyl (C=O) groups is 1. The maximum Gasteiger partial charge on any atom is 0.224 e. The van der Waals surface area contributed by atoms with Crippen LogP contribution < -0.4 is 11.1 Å². The highest BCUT2D eigenvalue weighted by molar-refractivity contribution is 5.85. The Labute approximate surface area is 104 Å². The number of carbonyl (C=O) groups excluding carboxylic acids is 1. The molecular weight excluding hydrogens is 224 g/mol. The SMILES string of the molecule is CCCCNC(=O)C1C2CCC(C2)C1N.Cl. The van der Waals surface area contributed by atoms with E-state index in [9.17, 15) is 4.79 Å². The highest BCUT2D eigenvalue weighted by atomic mass is 35.5. The third kappa shape index (κ3) is 2.51. The highest BCUT2D eigenvalue weighted by Crippen LogP contribution is 2.47. The lowest BCUT2D eigenvalue weighted by atomic mass is 9.84. The number of unbranched alkanes of at least 4 members (excludes halogenated alkanes) is 1. The fourth-order valence-electron chi connectivity index (χ4n) is 3.23. The Hall–Kier alpha value is -0.280. The Morgan fingerprint density at radius 2 is 2.06 bits per heavy atom. The van der Waals surface area contributed by atoms with Crippen molar-refractivity contribution in [1.82, 2.24) is 5.32 Å². The molecule has 94 valence electrons. The second-order valence-corrected chi connectivity index (χ2v) is 5.08. The normalized spacial score (nSPS) is 35.9. The van der Waals surface area contributed by atoms with Crippen LogP contribution in [0.3, 0.4) is 0 Å². The summed E-state index contributed by atoms with van der Waals surface area (Å²) in [5.74, 6) is 1.52. The van der Waals surface area contributed by atoms with Crippen LogP contribution in [-0.4, -0.2) is 18.5 Å². The Morgan fingerprint density at radius 3 is 2.62 bits per heavy atom. The molecule has 0 saturated heterocycles. The number of hydrogen-bond acceptors (Lipinski definition) is 2. The maximum absolute atomic E-state index is 11.9. The summed E-state index contributed by atoms with van der Waals surface area (Å²) < 4.78 is 0. The van der Waals surface area contributed by atoms with Gasteiger partial charge in [-0.1, -0.05) is 13.3 Å². The van der Waals surface area contributed by atoms with Crippen molar-refractivity contribution in [2.24, 2.45) is 23.5 Å². The number of nitrogens with one attached hydrogen (secondary N) is 1. The Bertz CT molecular complexity index is 245. The summed E-state index contributed by atoms with van der Waals surface area (Å²) in [4.78, 5) is 11.9. The molecule has 2 fully saturated rings. The largest absolute Gasteiger partial charge is 0.356 e. The third-order valence-electron chi connectivity index (χ3n) is 4.11. The standard InChI is InChI=1S/C12H22N2O.ClH/c1-2-3-6-14-12(15)10-8-4-5-9(7-8)11(10)13;/h8-11H,2-7,13H2,1H3,(H,14,15);1H. The Kier molecular flexibility index (Phi) is 5.06. The van der Waals surface area contributed by atoms with Gasteiger partial charge in [-0.05, 0) is 37.5 Å². The summed E-state index contributed by atoms with van der Waals surface area (Å²) in [6.45, 7) is 2.95. The third-order valence-corrected chi connectivity index (χ3v) is 4.11. The molecule has 2 aliphatic carbocycles. The van der Waals surface area contributed by atoms with Gasteiger partial charge in [0.05, 0.1) is 5.92 Å². The molecule has 4 atom stereocenters. The summed E-state index contributed by atoms with van der Waals surface area (Å²) in [6, 6.07) is 0.130. The van der Waals surface area contributed by atoms with Gasteiger partial charge < -0.3 is 11.1 Å². The van der Waals surface area contributed by atoms with Crippen molar-refractivity contribution in [2.75, 3.05) is 6.54 Å². The number of hydrogen-bond donors (Lipinski definition) is 2. The van der Waals surface area contributed by atoms with E-state index < -0.39 is 0 Å². The van der Waals surface area contributed by atoms with Crippen LogP contribution in [0.15, 0.2) is 0 Å². The molecule has 1 amide bonds. The van der Waals surface area contributed by atoms with E-state index in [0.29, 0.717) is 11.8 Å². The first kappa shape index (κ1) is 13.8. The molecule has 16 heavy (non-hydrogen) atoms. The zero-order chi connectivity index (χ0) is 10.8. The zero-order valence-corrected chi connectivity index (χ0v) is 10.8. The van der Waals surface area contributed by atoms with Gasteiger partial charge in [-0.3, -0.25) is 4.79 Å². The molecule has 4 unspecified atom stereocenters. The minimum Gasteiger partial charge on any atom is -0.356 e. The molecule has 2 bridgehead atoms. The summed E-state index contributed by atoms with van der Waals surface area (Å²) in [7, 11) is 0. The van der Waals surface area contributed by atoms with Crippen LogP contribution >= 0.6 is 12.4 Å². The number of amides is 1. The van der Waals surface area contributed by atoms with Crippen LogP contribution in [0.1, 0.15) is 39.0 Å². The molecule has 0 radical (unpaired) electrons. The van der Waals surface area contributed by atoms with Crippen LogP contribution in [0, 0.1) is 17.8 Å². The van der Waals surface area contributed by atoms with Crippen LogP contribution in [0.25, 0.3) is 0 Å². The molecule has 3 N–H and O–H groups in total. The number of fused-ring (bicyclic) bond motifs is 2. The fourth-order valence-corrected chi connectivity index (χ4v) is 3.23. The molecule has 2 rings (SSSR count). The van der Waals surface area contributed by atoms with Gasteiger partial charge in [-0.25, -0.2) is 0 Å². The van der Waals surface area contributed by atoms with Crippen molar-refractivity contribution >= 4 is 18.3 Å². The molecule has 0 heterocycles. The first-order chi connectivity index (χ1) is 7.24. The van der Waals surface area contributed by atoms with Crippen LogP contribution in [0.4, 0.5) is 0 Å². The topological polar surface area (TPSA) is 55.1 Å². The molecule has 0 aromatic heterocycles. The minimum atomic E-state index is 0. The average Bonchev–Trinajstić information content (AvgIpc) is 2.78. The van der Waals surface area contributed by atoms with E-state index in [0.717, 1.165) is 19.4 Å². The second kappa shape index (κ2) is 5.87. The lowest BCUT2D eigenvalue weighted by Gasteiger charge is -2.26. The number of rotatable bonds is 4. The molecule has 2 saturated carbocycles. The predicted octanol–water partition coefficient (Wildman–Crippen LogP) is 1.70. The van der Waals surface area contributed by atoms with Gasteiger partial charge in [0.2, 0.25) is 5.91 Å². The summed E-state index contributed by atoms with van der Waals surface area (Å²) in [5, 5.41) is 3.02. The molecule has 0 aliphatic heterocycles. The monoisotopic (exact) mass is 246 g/mol. The van der Waals surface area contributed by atoms with E-state index in [1.807, 2.05) is 0 Å². The minimum absolute atomic E-state index is 0. The van der Waals surface area contributed by atoms with E-state index in [1.54, 1.807) is 0 Å². The van der Waals surface area contributed by atoms with Crippen molar-refractivity contribution in [1.29, 1.82) is 0 Å². The van der Waals surface area contributed by atoms with Gasteiger partial charge in [0.1, 0.15) is 0 Å². The zero-order valence-electron chi connectivity index (χ0n) is 9.95. The molecule has 3 nitrogen and oxygen atoms in total. The van der Waals surface area contributed by atoms with E-state index >= 15 is 0 Å². The van der Waals surface area contributed by atoms with Gasteiger partial charge >= 0.3 is 0 Å². The lowest BCUT2D eigenvalue weighted by Crippen LogP contribution is -2.45. The van der Waals surface area contributed by atoms with Gasteiger partial charge in [-0.2, -0.15) is 0 Å². The fraction of sp³-hybridized carbons (Fsp3) is 0.917. The maximum atomic E-state index is 11.9. The number of halogens is 1. The molecule has 4 heteroatoms. The molecule has 2 aliphatic rings. The first-order valence-electron chi connectivity index (χ1n) is 6.27. The van der Waals surface area contributed by atoms with Crippen molar-refractivity contribution in [3.8, 4) is 0 Å². The molecule has 0 spiro atoms. The summed E-state index contributed by atoms with van der Waals surface area (Å²) >= 11 is 0. The van der Waals surface area contributed by atoms with Gasteiger partial charge in [0.15, 0.2) is 0 Å². The van der Waals surface area contributed by atoms with Crippen molar-refractivity contribution < 1.29 is 4.79 Å². The lowest BCUT2D eigenvalue weighted by molar-refractivity contribution is -0.127. The van der Waals surface area contributed by atoms with E-state index in [-0.39, 0.29) is 30.3 Å². The predicted molar refractivity (Wildman–Crippen MR) is 67.5 cm³/mol. The molecule has 0 aromatic rings. The van der Waals surface area contributed by atoms with Crippen molar-refractivity contribution in [2.45, 2.75) is 45.1 Å². The highest BCUT2D eigenvalue weighted by Gasteiger charge is 2.48. The molecular formula is C12H23ClN2O. The van der Waals surface area contributed by atoms with Crippen LogP contribution in [0.2, 0.25) is 0 Å². The van der Waals surface area contributed by atoms with Crippen LogP contribution in [-0.2, 0) is 4.79 Å². The Balaban J connectivity index is 0.00000128. The Morgan fingerprint density at radius 1 is 1.38 bits per heavy atom. The van der Waals surface area contributed by atoms with E-state index in [4.69, 9.17) is 5.73 Å². The first-order valence-corrected chi connectivity index (χ1v) is 6.27. The average molecular weight is 247 g/mol. The number of nitrogens with two attached hydrogens (primary N) is 1. The summed E-state index contributed by atoms with van der Waals surface area (Å²) in [5.41, 5.74) is 6.11. The quantitative estimate of drug-likeness (QED) is 0.742. The second-order valence-electron chi connectivity index (χ2n) is 5.08. The van der Waals surface area contributed by atoms with Gasteiger partial charge in [0, 0.05) is 12.6 Å². The van der Waals surface area contributed by atoms with E-state index in [1.165, 1.54) is 19.3 Å². The van der Waals surface area contributed by atoms with Crippen molar-refractivity contribution in [3.05, 3.63) is 0 Å². The summed E-state index contributed by atoms with van der Waals surface area (Å²) in [6.07, 6.45) is 5.84. The van der Waals surface area contributed by atoms with Crippen LogP contribution in [0.5, 0.6) is 0 Å². The van der Waals surface area contributed by atoms with Crippen molar-refractivity contribution in [3.63, 3.8) is 0 Å². The smallest absolute Gasteiger partial charge is 0.224 e. The van der Waals surface area contributed by atoms with Gasteiger partial charge in [-0.15, -0.1) is 12.4 Å². The van der Waals surface area contributed by atoms with Gasteiger partial charge in [0.25, 0.3) is 0 Å². The van der Waals surface area contributed by atoms with E-state index in [2.05, 4.69) is 12.2 Å².